The second kappa shape index (κ2) is 10.7. The van der Waals surface area contributed by atoms with E-state index < -0.39 is 43.2 Å². The first-order valence-electron chi connectivity index (χ1n) is 10.7. The molecule has 4 N–H and O–H groups in total. The predicted octanol–water partition coefficient (Wildman–Crippen LogP) is 0.527. The van der Waals surface area contributed by atoms with Gasteiger partial charge in [0.15, 0.2) is 23.2 Å². The van der Waals surface area contributed by atoms with Crippen LogP contribution < -0.4 is 15.7 Å². The molecule has 0 saturated carbocycles. The van der Waals surface area contributed by atoms with Crippen molar-refractivity contribution in [2.75, 3.05) is 31.3 Å². The molecule has 2 aromatic heterocycles. The van der Waals surface area contributed by atoms with Crippen molar-refractivity contribution < 1.29 is 28.3 Å². The monoisotopic (exact) mass is 529 g/mol. The minimum atomic E-state index is -2.63. The lowest BCUT2D eigenvalue weighted by Crippen LogP contribution is -2.42. The van der Waals surface area contributed by atoms with E-state index in [1.807, 2.05) is 5.92 Å². The van der Waals surface area contributed by atoms with E-state index in [2.05, 4.69) is 20.0 Å². The summed E-state index contributed by atoms with van der Waals surface area (Å²) >= 11 is 5.27. The van der Waals surface area contributed by atoms with Crippen molar-refractivity contribution in [2.24, 2.45) is 0 Å². The molecule has 0 aliphatic carbocycles. The number of hydrogen-bond acceptors (Lipinski definition) is 11. The zero-order valence-corrected chi connectivity index (χ0v) is 21.7. The number of terminal acetylenes is 1. The highest BCUT2D eigenvalue weighted by Gasteiger charge is 2.58. The van der Waals surface area contributed by atoms with Crippen molar-refractivity contribution in [2.45, 2.75) is 57.0 Å². The van der Waals surface area contributed by atoms with Crippen LogP contribution in [0, 0.1) is 12.3 Å². The molecule has 35 heavy (non-hydrogen) atoms. The van der Waals surface area contributed by atoms with E-state index in [0.717, 1.165) is 0 Å². The molecule has 1 unspecified atom stereocenters. The van der Waals surface area contributed by atoms with E-state index in [1.54, 1.807) is 39.8 Å². The summed E-state index contributed by atoms with van der Waals surface area (Å²) in [5, 5.41) is 13.5. The molecule has 0 bridgehead atoms. The molecule has 0 spiro atoms. The molecule has 2 aromatic rings. The number of aliphatic hydroxyl groups is 1. The van der Waals surface area contributed by atoms with Crippen molar-refractivity contribution >= 4 is 47.8 Å². The van der Waals surface area contributed by atoms with Crippen LogP contribution in [0.15, 0.2) is 6.33 Å². The van der Waals surface area contributed by atoms with Gasteiger partial charge in [0.05, 0.1) is 19.0 Å². The lowest BCUT2D eigenvalue weighted by atomic mass is 9.97. The molecule has 0 aromatic carbocycles. The Balaban J connectivity index is 1.78. The second-order valence-electron chi connectivity index (χ2n) is 8.46. The van der Waals surface area contributed by atoms with Gasteiger partial charge in [-0.1, -0.05) is 17.7 Å². The number of fused-ring (bicyclic) bond motifs is 1. The highest BCUT2D eigenvalue weighted by atomic mass is 32.4. The topological polar surface area (TPSA) is 150 Å². The highest BCUT2D eigenvalue weighted by molar-refractivity contribution is 8.02. The number of nitrogens with zero attached hydrogens (tertiary/aromatic N) is 5. The Morgan fingerprint density at radius 2 is 2.20 bits per heavy atom. The Labute approximate surface area is 207 Å². The molecule has 1 aliphatic heterocycles. The number of aliphatic hydroxyl groups excluding tert-OH is 1. The van der Waals surface area contributed by atoms with E-state index >= 15 is 4.39 Å². The summed E-state index contributed by atoms with van der Waals surface area (Å²) in [4.78, 5) is 26.2. The number of nitrogens with one attached hydrogen (secondary N) is 1. The van der Waals surface area contributed by atoms with E-state index in [-0.39, 0.29) is 24.3 Å². The molecule has 1 saturated heterocycles. The SMILES string of the molecule is C#C[C@@]1(F)[C@H](O)[C@@H](CO[PH](=S)N[C@H](C)C(=O)OC(C)C)O[C@H]1n1cnc2c(N(C)C)nc(N)nc21. The third-order valence-electron chi connectivity index (χ3n) is 5.18. The molecule has 15 heteroatoms. The minimum Gasteiger partial charge on any atom is -0.462 e. The maximum atomic E-state index is 15.9. The maximum absolute atomic E-state index is 15.9. The van der Waals surface area contributed by atoms with Crippen molar-refractivity contribution in [1.29, 1.82) is 0 Å². The number of halogens is 1. The van der Waals surface area contributed by atoms with Gasteiger partial charge in [-0.2, -0.15) is 9.97 Å². The standard InChI is InChI=1S/C20H29FN7O5PS/c1-7-20(21)14(29)12(8-31-34(35)26-11(4)17(30)32-10(2)3)33-18(20)28-9-23-13-15(27(5)6)24-19(22)25-16(13)28/h1,9-12,14,18,29,34H,8H2,2-6H3,(H,26,35)(H2,22,24,25)/t11-,12-,14-,18-,20-/m1/s1. The van der Waals surface area contributed by atoms with Gasteiger partial charge >= 0.3 is 5.97 Å². The number of carbonyl (C=O) groups is 1. The average Bonchev–Trinajstić information content (AvgIpc) is 3.30. The molecule has 6 atom stereocenters. The zero-order valence-electron chi connectivity index (χ0n) is 19.9. The van der Waals surface area contributed by atoms with Crippen LogP contribution in [0.25, 0.3) is 11.2 Å². The summed E-state index contributed by atoms with van der Waals surface area (Å²) in [5.41, 5.74) is 3.74. The smallest absolute Gasteiger partial charge is 0.323 e. The van der Waals surface area contributed by atoms with Gasteiger partial charge in [-0.25, -0.2) is 9.37 Å². The molecular formula is C20H29FN7O5PS. The number of aromatic nitrogens is 4. The zero-order chi connectivity index (χ0) is 26.1. The summed E-state index contributed by atoms with van der Waals surface area (Å²) in [5.74, 6) is 1.89. The molecule has 0 amide bonds. The van der Waals surface area contributed by atoms with Crippen molar-refractivity contribution in [1.82, 2.24) is 24.6 Å². The number of ether oxygens (including phenoxy) is 2. The summed E-state index contributed by atoms with van der Waals surface area (Å²) in [6, 6.07) is -0.703. The Morgan fingerprint density at radius 1 is 1.51 bits per heavy atom. The van der Waals surface area contributed by atoms with Crippen LogP contribution in [-0.2, 0) is 30.6 Å². The summed E-state index contributed by atoms with van der Waals surface area (Å²) in [7, 11) is 1.35. The Kier molecular flexibility index (Phi) is 8.31. The van der Waals surface area contributed by atoms with Crippen LogP contribution in [0.5, 0.6) is 0 Å². The number of nitrogens with two attached hydrogens (primary N) is 1. The fourth-order valence-corrected chi connectivity index (χ4v) is 5.09. The van der Waals surface area contributed by atoms with Crippen LogP contribution in [0.1, 0.15) is 27.0 Å². The lowest BCUT2D eigenvalue weighted by molar-refractivity contribution is -0.148. The summed E-state index contributed by atoms with van der Waals surface area (Å²) in [6.07, 6.45) is 2.13. The summed E-state index contributed by atoms with van der Waals surface area (Å²) in [6.45, 7) is 4.78. The van der Waals surface area contributed by atoms with E-state index in [9.17, 15) is 9.90 Å². The van der Waals surface area contributed by atoms with Crippen LogP contribution in [0.2, 0.25) is 0 Å². The van der Waals surface area contributed by atoms with Gasteiger partial charge < -0.3 is 29.7 Å². The van der Waals surface area contributed by atoms with Crippen molar-refractivity contribution in [3.63, 3.8) is 0 Å². The first kappa shape index (κ1) is 27.2. The lowest BCUT2D eigenvalue weighted by Gasteiger charge is -2.23. The number of rotatable bonds is 9. The van der Waals surface area contributed by atoms with Gasteiger partial charge in [0.25, 0.3) is 0 Å². The van der Waals surface area contributed by atoms with Gasteiger partial charge in [0.1, 0.15) is 25.3 Å². The first-order chi connectivity index (χ1) is 16.4. The van der Waals surface area contributed by atoms with Crippen molar-refractivity contribution in [3.8, 4) is 12.3 Å². The second-order valence-corrected chi connectivity index (χ2v) is 10.7. The van der Waals surface area contributed by atoms with E-state index in [1.165, 1.54) is 10.9 Å². The van der Waals surface area contributed by atoms with Gasteiger partial charge in [0, 0.05) is 14.1 Å². The number of imidazole rings is 1. The van der Waals surface area contributed by atoms with Crippen LogP contribution in [-0.4, -0.2) is 81.3 Å². The molecule has 0 radical (unpaired) electrons. The predicted molar refractivity (Wildman–Crippen MR) is 132 cm³/mol. The fourth-order valence-electron chi connectivity index (χ4n) is 3.48. The van der Waals surface area contributed by atoms with Gasteiger partial charge in [-0.3, -0.25) is 14.4 Å². The van der Waals surface area contributed by atoms with Crippen LogP contribution in [0.4, 0.5) is 16.2 Å². The number of hydrogen-bond donors (Lipinski definition) is 3. The largest absolute Gasteiger partial charge is 0.462 e. The number of alkyl halides is 1. The quantitative estimate of drug-likeness (QED) is 0.236. The Hall–Kier alpha value is -2.40. The molecule has 1 fully saturated rings. The molecule has 1 aliphatic rings. The molecule has 3 rings (SSSR count). The Bertz CT molecular complexity index is 1160. The number of nitrogen functional groups attached to an aromatic ring is 1. The van der Waals surface area contributed by atoms with Gasteiger partial charge in [-0.15, -0.1) is 6.42 Å². The Morgan fingerprint density at radius 3 is 2.80 bits per heavy atom. The first-order valence-corrected chi connectivity index (χ1v) is 13.2. The highest BCUT2D eigenvalue weighted by Crippen LogP contribution is 2.43. The number of carbonyl (C=O) groups excluding carboxylic acids is 1. The van der Waals surface area contributed by atoms with Crippen molar-refractivity contribution in [3.05, 3.63) is 6.33 Å². The number of esters is 1. The fraction of sp³-hybridized carbons (Fsp3) is 0.600. The molecule has 12 nitrogen and oxygen atoms in total. The maximum Gasteiger partial charge on any atom is 0.323 e. The van der Waals surface area contributed by atoms with Crippen LogP contribution in [0.3, 0.4) is 0 Å². The van der Waals surface area contributed by atoms with E-state index in [0.29, 0.717) is 11.3 Å². The molecule has 3 heterocycles. The average molecular weight is 530 g/mol. The van der Waals surface area contributed by atoms with Gasteiger partial charge in [0.2, 0.25) is 11.6 Å². The normalized spacial score (nSPS) is 26.0. The van der Waals surface area contributed by atoms with E-state index in [4.69, 9.17) is 38.0 Å². The third kappa shape index (κ3) is 5.55. The number of anilines is 2. The molecular weight excluding hydrogens is 500 g/mol. The van der Waals surface area contributed by atoms with Gasteiger partial charge in [-0.05, 0) is 20.8 Å². The van der Waals surface area contributed by atoms with Crippen LogP contribution >= 0.6 is 7.07 Å². The summed E-state index contributed by atoms with van der Waals surface area (Å²) < 4.78 is 33.6. The minimum absolute atomic E-state index is 0.0546. The third-order valence-corrected chi connectivity index (χ3v) is 6.99. The molecule has 192 valence electrons.